The summed E-state index contributed by atoms with van der Waals surface area (Å²) in [5, 5.41) is 12.5. The number of carbonyl (C=O) groups excluding carboxylic acids is 2. The molecule has 0 spiro atoms. The Morgan fingerprint density at radius 1 is 1.26 bits per heavy atom. The highest BCUT2D eigenvalue weighted by Crippen LogP contribution is 2.30. The van der Waals surface area contributed by atoms with Crippen molar-refractivity contribution in [3.8, 4) is 6.07 Å². The maximum absolute atomic E-state index is 13.2. The minimum Gasteiger partial charge on any atom is -0.444 e. The van der Waals surface area contributed by atoms with Crippen LogP contribution in [-0.2, 0) is 16.0 Å². The van der Waals surface area contributed by atoms with Crippen molar-refractivity contribution in [1.82, 2.24) is 10.2 Å². The molecule has 6 nitrogen and oxygen atoms in total. The van der Waals surface area contributed by atoms with Gasteiger partial charge in [-0.25, -0.2) is 4.79 Å². The Labute approximate surface area is 186 Å². The van der Waals surface area contributed by atoms with E-state index in [0.29, 0.717) is 6.42 Å². The first-order chi connectivity index (χ1) is 14.4. The zero-order valence-electron chi connectivity index (χ0n) is 19.6. The molecule has 1 saturated heterocycles. The van der Waals surface area contributed by atoms with Gasteiger partial charge in [0, 0.05) is 12.5 Å². The van der Waals surface area contributed by atoms with Gasteiger partial charge in [0.05, 0.1) is 6.07 Å². The van der Waals surface area contributed by atoms with Crippen molar-refractivity contribution in [2.24, 2.45) is 5.92 Å². The van der Waals surface area contributed by atoms with E-state index in [-0.39, 0.29) is 17.9 Å². The molecule has 1 aliphatic rings. The standard InChI is InChI=1S/C25H35N3O3/c1-16(2)20-12-10-19(11-13-20)14-21(15-26)27-23(29)22-17(3)8-9-18(4)28(22)24(30)31-25(5,6)7/h10-13,17-18,21-22H,1,8-9,14H2,2-7H3,(H,27,29)/t17-,18+,21+,22+/m1/s1. The van der Waals surface area contributed by atoms with Crippen LogP contribution in [0, 0.1) is 17.2 Å². The van der Waals surface area contributed by atoms with Crippen LogP contribution in [0.2, 0.25) is 0 Å². The van der Waals surface area contributed by atoms with Crippen LogP contribution in [0.15, 0.2) is 30.8 Å². The number of amides is 2. The maximum atomic E-state index is 13.2. The largest absolute Gasteiger partial charge is 0.444 e. The van der Waals surface area contributed by atoms with E-state index in [1.807, 2.05) is 65.8 Å². The van der Waals surface area contributed by atoms with Crippen molar-refractivity contribution in [2.75, 3.05) is 0 Å². The zero-order chi connectivity index (χ0) is 23.3. The number of carbonyl (C=O) groups is 2. The quantitative estimate of drug-likeness (QED) is 0.742. The Hall–Kier alpha value is -2.81. The number of nitrogens with one attached hydrogen (secondary N) is 1. The molecule has 1 heterocycles. The minimum absolute atomic E-state index is 0.0297. The second kappa shape index (κ2) is 10.00. The van der Waals surface area contributed by atoms with E-state index in [0.717, 1.165) is 29.5 Å². The van der Waals surface area contributed by atoms with E-state index < -0.39 is 23.8 Å². The molecule has 4 atom stereocenters. The Balaban J connectivity index is 2.15. The molecule has 168 valence electrons. The summed E-state index contributed by atoms with van der Waals surface area (Å²) in [6, 6.07) is 8.52. The number of hydrogen-bond donors (Lipinski definition) is 1. The smallest absolute Gasteiger partial charge is 0.411 e. The monoisotopic (exact) mass is 425 g/mol. The van der Waals surface area contributed by atoms with E-state index in [2.05, 4.69) is 18.0 Å². The first kappa shape index (κ1) is 24.5. The number of ether oxygens (including phenoxy) is 1. The molecule has 0 radical (unpaired) electrons. The fourth-order valence-electron chi connectivity index (χ4n) is 3.89. The predicted molar refractivity (Wildman–Crippen MR) is 122 cm³/mol. The average molecular weight is 426 g/mol. The van der Waals surface area contributed by atoms with Crippen molar-refractivity contribution in [1.29, 1.82) is 5.26 Å². The van der Waals surface area contributed by atoms with Gasteiger partial charge in [-0.2, -0.15) is 5.26 Å². The zero-order valence-corrected chi connectivity index (χ0v) is 19.6. The summed E-state index contributed by atoms with van der Waals surface area (Å²) in [5.74, 6) is -0.340. The lowest BCUT2D eigenvalue weighted by Gasteiger charge is -2.43. The molecule has 0 aliphatic carbocycles. The number of nitrogens with zero attached hydrogens (tertiary/aromatic N) is 2. The fourth-order valence-corrected chi connectivity index (χ4v) is 3.89. The Bertz CT molecular complexity index is 848. The number of rotatable bonds is 5. The van der Waals surface area contributed by atoms with Gasteiger partial charge < -0.3 is 10.1 Å². The van der Waals surface area contributed by atoms with Gasteiger partial charge in [0.2, 0.25) is 5.91 Å². The minimum atomic E-state index is -0.687. The molecule has 0 saturated carbocycles. The molecular weight excluding hydrogens is 390 g/mol. The summed E-state index contributed by atoms with van der Waals surface area (Å²) >= 11 is 0. The van der Waals surface area contributed by atoms with Crippen LogP contribution < -0.4 is 5.32 Å². The lowest BCUT2D eigenvalue weighted by molar-refractivity contribution is -0.131. The summed E-state index contributed by atoms with van der Waals surface area (Å²) in [7, 11) is 0. The predicted octanol–water partition coefficient (Wildman–Crippen LogP) is 4.69. The van der Waals surface area contributed by atoms with Gasteiger partial charge >= 0.3 is 6.09 Å². The number of hydrogen-bond acceptors (Lipinski definition) is 4. The molecule has 2 rings (SSSR count). The van der Waals surface area contributed by atoms with E-state index in [1.54, 1.807) is 4.90 Å². The third-order valence-corrected chi connectivity index (χ3v) is 5.59. The Kier molecular flexibility index (Phi) is 7.89. The Morgan fingerprint density at radius 2 is 1.87 bits per heavy atom. The van der Waals surface area contributed by atoms with Gasteiger partial charge in [-0.05, 0) is 64.5 Å². The second-order valence-corrected chi connectivity index (χ2v) is 9.61. The van der Waals surface area contributed by atoms with Crippen LogP contribution in [0.4, 0.5) is 4.79 Å². The summed E-state index contributed by atoms with van der Waals surface area (Å²) in [6.07, 6.45) is 1.54. The third kappa shape index (κ3) is 6.58. The molecule has 1 aromatic rings. The molecule has 1 aliphatic heterocycles. The van der Waals surface area contributed by atoms with Crippen LogP contribution >= 0.6 is 0 Å². The van der Waals surface area contributed by atoms with Gasteiger partial charge in [-0.1, -0.05) is 43.3 Å². The number of nitriles is 1. The molecule has 0 aromatic heterocycles. The van der Waals surface area contributed by atoms with E-state index in [4.69, 9.17) is 4.74 Å². The third-order valence-electron chi connectivity index (χ3n) is 5.59. The first-order valence-corrected chi connectivity index (χ1v) is 10.9. The fraction of sp³-hybridized carbons (Fsp3) is 0.560. The van der Waals surface area contributed by atoms with Gasteiger partial charge in [0.25, 0.3) is 0 Å². The molecule has 1 fully saturated rings. The normalized spacial score (nSPS) is 22.2. The van der Waals surface area contributed by atoms with Crippen molar-refractivity contribution < 1.29 is 14.3 Å². The second-order valence-electron chi connectivity index (χ2n) is 9.61. The average Bonchev–Trinajstić information content (AvgIpc) is 2.67. The lowest BCUT2D eigenvalue weighted by Crippen LogP contribution is -2.60. The molecular formula is C25H35N3O3. The Morgan fingerprint density at radius 3 is 2.39 bits per heavy atom. The topological polar surface area (TPSA) is 82.4 Å². The van der Waals surface area contributed by atoms with Crippen molar-refractivity contribution in [3.05, 3.63) is 42.0 Å². The summed E-state index contributed by atoms with van der Waals surface area (Å²) in [6.45, 7) is 15.2. The SMILES string of the molecule is C=C(C)c1ccc(C[C@@H](C#N)NC(=O)[C@@H]2[C@H](C)CC[C@H](C)N2C(=O)OC(C)(C)C)cc1. The van der Waals surface area contributed by atoms with Crippen molar-refractivity contribution in [3.63, 3.8) is 0 Å². The summed E-state index contributed by atoms with van der Waals surface area (Å²) in [5.41, 5.74) is 2.31. The van der Waals surface area contributed by atoms with Crippen LogP contribution in [0.1, 0.15) is 65.5 Å². The highest BCUT2D eigenvalue weighted by atomic mass is 16.6. The molecule has 1 aromatic carbocycles. The maximum Gasteiger partial charge on any atom is 0.411 e. The molecule has 0 bridgehead atoms. The van der Waals surface area contributed by atoms with Crippen LogP contribution in [0.5, 0.6) is 0 Å². The van der Waals surface area contributed by atoms with Crippen LogP contribution in [-0.4, -0.2) is 40.6 Å². The van der Waals surface area contributed by atoms with Gasteiger partial charge in [-0.3, -0.25) is 9.69 Å². The van der Waals surface area contributed by atoms with Crippen molar-refractivity contribution >= 4 is 17.6 Å². The first-order valence-electron chi connectivity index (χ1n) is 10.9. The number of allylic oxidation sites excluding steroid dienone is 1. The summed E-state index contributed by atoms with van der Waals surface area (Å²) in [4.78, 5) is 27.6. The summed E-state index contributed by atoms with van der Waals surface area (Å²) < 4.78 is 5.57. The van der Waals surface area contributed by atoms with E-state index in [9.17, 15) is 14.9 Å². The van der Waals surface area contributed by atoms with Gasteiger partial charge in [0.1, 0.15) is 17.7 Å². The number of likely N-dealkylation sites (tertiary alicyclic amines) is 1. The molecule has 31 heavy (non-hydrogen) atoms. The van der Waals surface area contributed by atoms with Crippen LogP contribution in [0.3, 0.4) is 0 Å². The highest BCUT2D eigenvalue weighted by molar-refractivity contribution is 5.87. The molecule has 2 amide bonds. The van der Waals surface area contributed by atoms with Gasteiger partial charge in [0.15, 0.2) is 0 Å². The lowest BCUT2D eigenvalue weighted by atomic mass is 9.86. The number of benzene rings is 1. The van der Waals surface area contributed by atoms with E-state index in [1.165, 1.54) is 0 Å². The highest BCUT2D eigenvalue weighted by Gasteiger charge is 2.42. The number of piperidine rings is 1. The van der Waals surface area contributed by atoms with Crippen LogP contribution in [0.25, 0.3) is 5.57 Å². The van der Waals surface area contributed by atoms with Crippen molar-refractivity contribution in [2.45, 2.75) is 84.5 Å². The molecule has 6 heteroatoms. The van der Waals surface area contributed by atoms with Gasteiger partial charge in [-0.15, -0.1) is 0 Å². The van der Waals surface area contributed by atoms with E-state index >= 15 is 0 Å². The molecule has 0 unspecified atom stereocenters. The molecule has 1 N–H and O–H groups in total.